The highest BCUT2D eigenvalue weighted by Gasteiger charge is 2.29. The molecular formula is C15H21N3O2. The smallest absolute Gasteiger partial charge is 0.229 e. The number of amides is 2. The minimum atomic E-state index is -0.125. The minimum Gasteiger partial charge on any atom is -0.326 e. The van der Waals surface area contributed by atoms with Gasteiger partial charge in [-0.3, -0.25) is 9.59 Å². The van der Waals surface area contributed by atoms with E-state index in [4.69, 9.17) is 0 Å². The van der Waals surface area contributed by atoms with Gasteiger partial charge in [0.15, 0.2) is 0 Å². The Morgan fingerprint density at radius 2 is 2.00 bits per heavy atom. The second-order valence-electron chi connectivity index (χ2n) is 5.44. The van der Waals surface area contributed by atoms with E-state index >= 15 is 0 Å². The van der Waals surface area contributed by atoms with Gasteiger partial charge in [0.2, 0.25) is 11.8 Å². The number of benzene rings is 1. The molecule has 0 aliphatic carbocycles. The second kappa shape index (κ2) is 6.05. The lowest BCUT2D eigenvalue weighted by atomic mass is 9.97. The van der Waals surface area contributed by atoms with Crippen molar-refractivity contribution >= 4 is 23.2 Å². The van der Waals surface area contributed by atoms with Gasteiger partial charge in [0.05, 0.1) is 5.92 Å². The van der Waals surface area contributed by atoms with Crippen LogP contribution < -0.4 is 16.0 Å². The van der Waals surface area contributed by atoms with E-state index in [1.54, 1.807) is 6.07 Å². The molecule has 0 aromatic heterocycles. The van der Waals surface area contributed by atoms with Crippen LogP contribution in [0.4, 0.5) is 11.4 Å². The van der Waals surface area contributed by atoms with E-state index in [9.17, 15) is 9.59 Å². The Balaban J connectivity index is 2.11. The van der Waals surface area contributed by atoms with Gasteiger partial charge in [0.25, 0.3) is 0 Å². The molecule has 5 heteroatoms. The predicted molar refractivity (Wildman–Crippen MR) is 79.6 cm³/mol. The van der Waals surface area contributed by atoms with Crippen molar-refractivity contribution in [2.24, 2.45) is 11.8 Å². The predicted octanol–water partition coefficient (Wildman–Crippen LogP) is 1.75. The zero-order valence-corrected chi connectivity index (χ0v) is 12.1. The first-order valence-corrected chi connectivity index (χ1v) is 6.87. The average molecular weight is 275 g/mol. The molecule has 1 heterocycles. The summed E-state index contributed by atoms with van der Waals surface area (Å²) in [6.45, 7) is 7.07. The summed E-state index contributed by atoms with van der Waals surface area (Å²) in [6, 6.07) is 5.50. The van der Waals surface area contributed by atoms with Crippen LogP contribution >= 0.6 is 0 Å². The summed E-state index contributed by atoms with van der Waals surface area (Å²) in [7, 11) is 0. The maximum absolute atomic E-state index is 12.3. The number of anilines is 2. The molecule has 108 valence electrons. The molecule has 5 nitrogen and oxygen atoms in total. The highest BCUT2D eigenvalue weighted by Crippen LogP contribution is 2.23. The normalized spacial score (nSPS) is 21.6. The van der Waals surface area contributed by atoms with E-state index in [0.29, 0.717) is 11.6 Å². The van der Waals surface area contributed by atoms with Crippen LogP contribution in [-0.2, 0) is 9.59 Å². The SMILES string of the molecule is CC(=O)Nc1ccc(C)c(NC(=O)C2CNCC2C)c1. The van der Waals surface area contributed by atoms with Crippen molar-refractivity contribution in [3.63, 3.8) is 0 Å². The van der Waals surface area contributed by atoms with Crippen molar-refractivity contribution in [2.75, 3.05) is 23.7 Å². The average Bonchev–Trinajstić information content (AvgIpc) is 2.79. The number of rotatable bonds is 3. The highest BCUT2D eigenvalue weighted by atomic mass is 16.2. The van der Waals surface area contributed by atoms with Crippen molar-refractivity contribution in [1.29, 1.82) is 0 Å². The summed E-state index contributed by atoms with van der Waals surface area (Å²) in [5, 5.41) is 8.91. The zero-order valence-electron chi connectivity index (χ0n) is 12.1. The summed E-state index contributed by atoms with van der Waals surface area (Å²) in [4.78, 5) is 23.3. The van der Waals surface area contributed by atoms with Crippen LogP contribution in [0.15, 0.2) is 18.2 Å². The van der Waals surface area contributed by atoms with Crippen molar-refractivity contribution in [1.82, 2.24) is 5.32 Å². The Kier molecular flexibility index (Phi) is 4.39. The molecule has 3 N–H and O–H groups in total. The van der Waals surface area contributed by atoms with Crippen molar-refractivity contribution in [3.8, 4) is 0 Å². The summed E-state index contributed by atoms with van der Waals surface area (Å²) in [5.41, 5.74) is 2.42. The van der Waals surface area contributed by atoms with Crippen LogP contribution in [0.25, 0.3) is 0 Å². The third kappa shape index (κ3) is 3.36. The van der Waals surface area contributed by atoms with E-state index in [2.05, 4.69) is 22.9 Å². The first kappa shape index (κ1) is 14.5. The van der Waals surface area contributed by atoms with E-state index in [1.165, 1.54) is 6.92 Å². The molecule has 0 spiro atoms. The van der Waals surface area contributed by atoms with Gasteiger partial charge < -0.3 is 16.0 Å². The fourth-order valence-corrected chi connectivity index (χ4v) is 2.42. The number of aryl methyl sites for hydroxylation is 1. The number of carbonyl (C=O) groups excluding carboxylic acids is 2. The molecule has 1 fully saturated rings. The molecule has 1 saturated heterocycles. The first-order valence-electron chi connectivity index (χ1n) is 6.87. The fraction of sp³-hybridized carbons (Fsp3) is 0.467. The van der Waals surface area contributed by atoms with E-state index in [0.717, 1.165) is 24.3 Å². The summed E-state index contributed by atoms with van der Waals surface area (Å²) < 4.78 is 0. The molecule has 20 heavy (non-hydrogen) atoms. The largest absolute Gasteiger partial charge is 0.326 e. The van der Waals surface area contributed by atoms with Gasteiger partial charge in [0, 0.05) is 24.8 Å². The van der Waals surface area contributed by atoms with E-state index in [-0.39, 0.29) is 17.7 Å². The molecule has 2 atom stereocenters. The van der Waals surface area contributed by atoms with Crippen LogP contribution in [0.1, 0.15) is 19.4 Å². The maximum Gasteiger partial charge on any atom is 0.229 e. The zero-order chi connectivity index (χ0) is 14.7. The van der Waals surface area contributed by atoms with Crippen LogP contribution in [0.2, 0.25) is 0 Å². The molecule has 0 saturated carbocycles. The van der Waals surface area contributed by atoms with Crippen LogP contribution in [0.3, 0.4) is 0 Å². The Morgan fingerprint density at radius 1 is 1.25 bits per heavy atom. The molecule has 0 bridgehead atoms. The Morgan fingerprint density at radius 3 is 2.60 bits per heavy atom. The van der Waals surface area contributed by atoms with Gasteiger partial charge in [-0.05, 0) is 37.1 Å². The molecule has 1 aliphatic rings. The molecule has 1 aromatic carbocycles. The van der Waals surface area contributed by atoms with E-state index in [1.807, 2.05) is 19.1 Å². The van der Waals surface area contributed by atoms with Gasteiger partial charge in [0.1, 0.15) is 0 Å². The third-order valence-electron chi connectivity index (χ3n) is 3.67. The Labute approximate surface area is 119 Å². The fourth-order valence-electron chi connectivity index (χ4n) is 2.42. The maximum atomic E-state index is 12.3. The lowest BCUT2D eigenvalue weighted by Gasteiger charge is -2.16. The monoisotopic (exact) mass is 275 g/mol. The number of nitrogens with one attached hydrogen (secondary N) is 3. The van der Waals surface area contributed by atoms with Crippen LogP contribution in [0, 0.1) is 18.8 Å². The first-order chi connectivity index (χ1) is 9.47. The lowest BCUT2D eigenvalue weighted by Crippen LogP contribution is -2.28. The quantitative estimate of drug-likeness (QED) is 0.787. The van der Waals surface area contributed by atoms with Gasteiger partial charge in [-0.2, -0.15) is 0 Å². The molecule has 0 radical (unpaired) electrons. The van der Waals surface area contributed by atoms with Gasteiger partial charge >= 0.3 is 0 Å². The number of hydrogen-bond donors (Lipinski definition) is 3. The molecule has 2 rings (SSSR count). The van der Waals surface area contributed by atoms with Gasteiger partial charge in [-0.1, -0.05) is 13.0 Å². The van der Waals surface area contributed by atoms with Crippen molar-refractivity contribution < 1.29 is 9.59 Å². The molecule has 2 unspecified atom stereocenters. The molecule has 1 aliphatic heterocycles. The topological polar surface area (TPSA) is 70.2 Å². The highest BCUT2D eigenvalue weighted by molar-refractivity contribution is 5.95. The van der Waals surface area contributed by atoms with Crippen molar-refractivity contribution in [3.05, 3.63) is 23.8 Å². The summed E-state index contributed by atoms with van der Waals surface area (Å²) in [6.07, 6.45) is 0. The van der Waals surface area contributed by atoms with Gasteiger partial charge in [-0.25, -0.2) is 0 Å². The lowest BCUT2D eigenvalue weighted by molar-refractivity contribution is -0.120. The summed E-state index contributed by atoms with van der Waals surface area (Å²) >= 11 is 0. The van der Waals surface area contributed by atoms with Gasteiger partial charge in [-0.15, -0.1) is 0 Å². The van der Waals surface area contributed by atoms with E-state index < -0.39 is 0 Å². The third-order valence-corrected chi connectivity index (χ3v) is 3.67. The number of carbonyl (C=O) groups is 2. The summed E-state index contributed by atoms with van der Waals surface area (Å²) in [5.74, 6) is 0.248. The Hall–Kier alpha value is -1.88. The molecule has 2 amide bonds. The number of hydrogen-bond acceptors (Lipinski definition) is 3. The van der Waals surface area contributed by atoms with Crippen LogP contribution in [-0.4, -0.2) is 24.9 Å². The molecule has 1 aromatic rings. The standard InChI is InChI=1S/C15H21N3O2/c1-9-4-5-12(17-11(3)19)6-14(9)18-15(20)13-8-16-7-10(13)2/h4-6,10,13,16H,7-8H2,1-3H3,(H,17,19)(H,18,20). The minimum absolute atomic E-state index is 0.00109. The van der Waals surface area contributed by atoms with Crippen LogP contribution in [0.5, 0.6) is 0 Å². The van der Waals surface area contributed by atoms with Crippen molar-refractivity contribution in [2.45, 2.75) is 20.8 Å². The molecular weight excluding hydrogens is 254 g/mol. The second-order valence-corrected chi connectivity index (χ2v) is 5.44. The Bertz CT molecular complexity index is 528.